The van der Waals surface area contributed by atoms with E-state index in [2.05, 4.69) is 27.1 Å². The fourth-order valence-electron chi connectivity index (χ4n) is 3.16. The molecule has 0 saturated carbocycles. The Balaban J connectivity index is 1.56. The number of hydrogen-bond acceptors (Lipinski definition) is 7. The van der Waals surface area contributed by atoms with Crippen molar-refractivity contribution in [3.05, 3.63) is 23.3 Å². The molecule has 1 atom stereocenters. The third-order valence-corrected chi connectivity index (χ3v) is 6.51. The summed E-state index contributed by atoms with van der Waals surface area (Å²) in [7, 11) is 1.94. The fraction of sp³-hybridized carbons (Fsp3) is 0.611. The van der Waals surface area contributed by atoms with Crippen LogP contribution in [0.4, 0.5) is 0 Å². The number of carbonyl (C=O) groups is 1. The minimum atomic E-state index is 0.190. The van der Waals surface area contributed by atoms with Crippen molar-refractivity contribution in [1.82, 2.24) is 29.6 Å². The zero-order valence-corrected chi connectivity index (χ0v) is 17.9. The van der Waals surface area contributed by atoms with Crippen molar-refractivity contribution in [2.45, 2.75) is 62.1 Å². The normalized spacial score (nSPS) is 17.3. The van der Waals surface area contributed by atoms with E-state index in [0.717, 1.165) is 46.9 Å². The number of hydrogen-bond donors (Lipinski definition) is 0. The molecule has 9 heteroatoms. The molecule has 1 amide bonds. The van der Waals surface area contributed by atoms with E-state index in [1.54, 1.807) is 11.8 Å². The highest BCUT2D eigenvalue weighted by Crippen LogP contribution is 2.23. The van der Waals surface area contributed by atoms with Gasteiger partial charge in [0.2, 0.25) is 5.91 Å². The second-order valence-corrected chi connectivity index (χ2v) is 8.79. The quantitative estimate of drug-likeness (QED) is 0.539. The molecule has 3 heterocycles. The summed E-state index contributed by atoms with van der Waals surface area (Å²) in [5.41, 5.74) is 1.93. The fourth-order valence-corrected chi connectivity index (χ4v) is 4.90. The van der Waals surface area contributed by atoms with Crippen molar-refractivity contribution in [2.24, 2.45) is 7.05 Å². The average Bonchev–Trinajstić information content (AvgIpc) is 2.97. The Morgan fingerprint density at radius 3 is 2.63 bits per heavy atom. The maximum absolute atomic E-state index is 12.5. The molecule has 0 aliphatic carbocycles. The van der Waals surface area contributed by atoms with Gasteiger partial charge in [-0.3, -0.25) is 4.79 Å². The minimum Gasteiger partial charge on any atom is -0.339 e. The molecule has 0 spiro atoms. The Bertz CT molecular complexity index is 789. The van der Waals surface area contributed by atoms with Crippen molar-refractivity contribution in [3.63, 3.8) is 0 Å². The Labute approximate surface area is 168 Å². The number of carbonyl (C=O) groups excluding carboxylic acids is 1. The third-order valence-electron chi connectivity index (χ3n) is 4.67. The van der Waals surface area contributed by atoms with Gasteiger partial charge in [-0.25, -0.2) is 9.97 Å². The van der Waals surface area contributed by atoms with Crippen LogP contribution in [-0.2, 0) is 17.6 Å². The van der Waals surface area contributed by atoms with Crippen LogP contribution in [0.15, 0.2) is 16.4 Å². The van der Waals surface area contributed by atoms with Crippen LogP contribution in [0.3, 0.4) is 0 Å². The van der Waals surface area contributed by atoms with Gasteiger partial charge in [-0.2, -0.15) is 0 Å². The van der Waals surface area contributed by atoms with Crippen LogP contribution in [0, 0.1) is 13.8 Å². The number of amides is 1. The molecule has 146 valence electrons. The molecule has 1 unspecified atom stereocenters. The molecule has 0 bridgehead atoms. The molecule has 0 N–H and O–H groups in total. The number of nitrogens with zero attached hydrogens (tertiary/aromatic N) is 6. The van der Waals surface area contributed by atoms with Crippen LogP contribution >= 0.6 is 23.5 Å². The van der Waals surface area contributed by atoms with Crippen LogP contribution in [0.25, 0.3) is 0 Å². The van der Waals surface area contributed by atoms with Crippen molar-refractivity contribution >= 4 is 29.4 Å². The zero-order chi connectivity index (χ0) is 19.4. The van der Waals surface area contributed by atoms with Crippen LogP contribution in [-0.4, -0.2) is 53.9 Å². The Morgan fingerprint density at radius 1 is 1.19 bits per heavy atom. The van der Waals surface area contributed by atoms with E-state index in [1.165, 1.54) is 18.2 Å². The maximum Gasteiger partial charge on any atom is 0.233 e. The van der Waals surface area contributed by atoms with Crippen molar-refractivity contribution in [1.29, 1.82) is 0 Å². The van der Waals surface area contributed by atoms with Crippen molar-refractivity contribution < 1.29 is 4.79 Å². The average molecular weight is 407 g/mol. The van der Waals surface area contributed by atoms with Gasteiger partial charge in [-0.15, -0.1) is 10.2 Å². The van der Waals surface area contributed by atoms with Crippen molar-refractivity contribution in [3.8, 4) is 0 Å². The highest BCUT2D eigenvalue weighted by atomic mass is 32.2. The van der Waals surface area contributed by atoms with Crippen LogP contribution in [0.1, 0.15) is 43.4 Å². The van der Waals surface area contributed by atoms with Crippen LogP contribution in [0.2, 0.25) is 0 Å². The molecule has 0 radical (unpaired) electrons. The second kappa shape index (κ2) is 9.05. The molecular weight excluding hydrogens is 380 g/mol. The number of aromatic nitrogens is 5. The molecule has 1 fully saturated rings. The summed E-state index contributed by atoms with van der Waals surface area (Å²) in [5.74, 6) is 2.09. The summed E-state index contributed by atoms with van der Waals surface area (Å²) < 4.78 is 1.95. The first kappa shape index (κ1) is 20.1. The summed E-state index contributed by atoms with van der Waals surface area (Å²) >= 11 is 3.00. The molecule has 0 aromatic carbocycles. The first-order valence-corrected chi connectivity index (χ1v) is 11.2. The van der Waals surface area contributed by atoms with E-state index in [1.807, 2.05) is 36.4 Å². The van der Waals surface area contributed by atoms with Crippen molar-refractivity contribution in [2.75, 3.05) is 12.3 Å². The SMILES string of the molecule is Cc1cc(C)nc(SCc2nnc(SCC(=O)N3CCCCC3C)n2C)n1. The predicted octanol–water partition coefficient (Wildman–Crippen LogP) is 3.01. The van der Waals surface area contributed by atoms with Crippen LogP contribution < -0.4 is 0 Å². The summed E-state index contributed by atoms with van der Waals surface area (Å²) in [6.45, 7) is 6.94. The smallest absolute Gasteiger partial charge is 0.233 e. The first-order chi connectivity index (χ1) is 12.9. The molecule has 1 saturated heterocycles. The molecule has 1 aliphatic heterocycles. The van der Waals surface area contributed by atoms with E-state index in [-0.39, 0.29) is 5.91 Å². The summed E-state index contributed by atoms with van der Waals surface area (Å²) in [6.07, 6.45) is 3.42. The van der Waals surface area contributed by atoms with E-state index in [4.69, 9.17) is 0 Å². The van der Waals surface area contributed by atoms with Crippen LogP contribution in [0.5, 0.6) is 0 Å². The lowest BCUT2D eigenvalue weighted by Gasteiger charge is -2.33. The summed E-state index contributed by atoms with van der Waals surface area (Å²) in [4.78, 5) is 23.4. The predicted molar refractivity (Wildman–Crippen MR) is 108 cm³/mol. The van der Waals surface area contributed by atoms with E-state index < -0.39 is 0 Å². The van der Waals surface area contributed by atoms with Gasteiger partial charge in [0.15, 0.2) is 10.3 Å². The number of aryl methyl sites for hydroxylation is 2. The van der Waals surface area contributed by atoms with Gasteiger partial charge in [0, 0.05) is 31.0 Å². The summed E-state index contributed by atoms with van der Waals surface area (Å²) in [5, 5.41) is 10.0. The minimum absolute atomic E-state index is 0.190. The molecule has 2 aromatic heterocycles. The summed E-state index contributed by atoms with van der Waals surface area (Å²) in [6, 6.07) is 2.30. The number of likely N-dealkylation sites (tertiary alicyclic amines) is 1. The van der Waals surface area contributed by atoms with Gasteiger partial charge in [-0.1, -0.05) is 23.5 Å². The highest BCUT2D eigenvalue weighted by Gasteiger charge is 2.23. The lowest BCUT2D eigenvalue weighted by Crippen LogP contribution is -2.42. The lowest BCUT2D eigenvalue weighted by atomic mass is 10.0. The first-order valence-electron chi connectivity index (χ1n) is 9.19. The largest absolute Gasteiger partial charge is 0.339 e. The van der Waals surface area contributed by atoms with Gasteiger partial charge in [0.05, 0.1) is 11.5 Å². The van der Waals surface area contributed by atoms with Gasteiger partial charge in [-0.05, 0) is 46.1 Å². The molecule has 7 nitrogen and oxygen atoms in total. The number of rotatable bonds is 6. The molecule has 1 aliphatic rings. The molecule has 2 aromatic rings. The third kappa shape index (κ3) is 5.22. The standard InChI is InChI=1S/C18H26N6OS2/c1-12-9-13(2)20-17(19-12)26-10-15-21-22-18(23(15)4)27-11-16(25)24-8-6-5-7-14(24)3/h9,14H,5-8,10-11H2,1-4H3. The van der Waals surface area contributed by atoms with Gasteiger partial charge >= 0.3 is 0 Å². The highest BCUT2D eigenvalue weighted by molar-refractivity contribution is 7.99. The molecular formula is C18H26N6OS2. The second-order valence-electron chi connectivity index (χ2n) is 6.90. The monoisotopic (exact) mass is 406 g/mol. The van der Waals surface area contributed by atoms with Gasteiger partial charge in [0.1, 0.15) is 5.82 Å². The Kier molecular flexibility index (Phi) is 6.75. The molecule has 3 rings (SSSR count). The van der Waals surface area contributed by atoms with E-state index in [9.17, 15) is 4.79 Å². The Hall–Kier alpha value is -1.61. The Morgan fingerprint density at radius 2 is 1.93 bits per heavy atom. The lowest BCUT2D eigenvalue weighted by molar-refractivity contribution is -0.131. The van der Waals surface area contributed by atoms with E-state index >= 15 is 0 Å². The van der Waals surface area contributed by atoms with Gasteiger partial charge in [0.25, 0.3) is 0 Å². The topological polar surface area (TPSA) is 76.8 Å². The zero-order valence-electron chi connectivity index (χ0n) is 16.3. The van der Waals surface area contributed by atoms with Gasteiger partial charge < -0.3 is 9.47 Å². The maximum atomic E-state index is 12.5. The number of piperidine rings is 1. The number of thioether (sulfide) groups is 2. The molecule has 27 heavy (non-hydrogen) atoms. The van der Waals surface area contributed by atoms with E-state index in [0.29, 0.717) is 17.5 Å².